The normalized spacial score (nSPS) is 10.7. The molecule has 4 nitrogen and oxygen atoms in total. The lowest BCUT2D eigenvalue weighted by Crippen LogP contribution is -2.05. The van der Waals surface area contributed by atoms with Gasteiger partial charge >= 0.3 is 0 Å². The molecule has 1 heterocycles. The van der Waals surface area contributed by atoms with E-state index in [0.717, 1.165) is 28.5 Å². The number of hydrogen-bond acceptors (Lipinski definition) is 3. The maximum Gasteiger partial charge on any atom is 0.119 e. The van der Waals surface area contributed by atoms with Crippen LogP contribution in [0.3, 0.4) is 0 Å². The molecule has 0 unspecified atom stereocenters. The zero-order valence-electron chi connectivity index (χ0n) is 11.1. The van der Waals surface area contributed by atoms with Crippen LogP contribution < -0.4 is 10.5 Å². The van der Waals surface area contributed by atoms with Gasteiger partial charge in [0, 0.05) is 19.2 Å². The maximum atomic E-state index is 5.79. The smallest absolute Gasteiger partial charge is 0.119 e. The van der Waals surface area contributed by atoms with Crippen molar-refractivity contribution in [2.45, 2.75) is 20.4 Å². The molecule has 2 N–H and O–H groups in total. The van der Waals surface area contributed by atoms with Gasteiger partial charge in [-0.1, -0.05) is 0 Å². The fourth-order valence-electron chi connectivity index (χ4n) is 2.00. The molecule has 0 bridgehead atoms. The van der Waals surface area contributed by atoms with Gasteiger partial charge in [0.15, 0.2) is 0 Å². The molecule has 0 saturated carbocycles. The average molecular weight is 245 g/mol. The van der Waals surface area contributed by atoms with Gasteiger partial charge < -0.3 is 15.0 Å². The van der Waals surface area contributed by atoms with Crippen LogP contribution in [0.4, 0.5) is 0 Å². The lowest BCUT2D eigenvalue weighted by atomic mass is 10.1. The Hall–Kier alpha value is -1.81. The first-order chi connectivity index (χ1) is 8.67. The summed E-state index contributed by atoms with van der Waals surface area (Å²) in [6.07, 6.45) is 0. The number of hydrogen-bond donors (Lipinski definition) is 1. The highest BCUT2D eigenvalue weighted by Crippen LogP contribution is 2.25. The molecular formula is C14H19N3O. The Bertz CT molecular complexity index is 529. The minimum absolute atomic E-state index is 0.486. The van der Waals surface area contributed by atoms with E-state index in [1.165, 1.54) is 0 Å². The molecular weight excluding hydrogens is 226 g/mol. The lowest BCUT2D eigenvalue weighted by Gasteiger charge is -2.05. The van der Waals surface area contributed by atoms with Crippen molar-refractivity contribution in [3.05, 3.63) is 35.8 Å². The van der Waals surface area contributed by atoms with E-state index in [4.69, 9.17) is 10.5 Å². The summed E-state index contributed by atoms with van der Waals surface area (Å²) in [6.45, 7) is 5.12. The third-order valence-electron chi connectivity index (χ3n) is 3.07. The van der Waals surface area contributed by atoms with E-state index in [1.54, 1.807) is 0 Å². The molecule has 0 aliphatic heterocycles. The van der Waals surface area contributed by atoms with Crippen molar-refractivity contribution < 1.29 is 4.74 Å². The molecule has 4 heteroatoms. The molecule has 96 valence electrons. The molecule has 18 heavy (non-hydrogen) atoms. The summed E-state index contributed by atoms with van der Waals surface area (Å²) in [7, 11) is 1.99. The van der Waals surface area contributed by atoms with Gasteiger partial charge in [0.05, 0.1) is 18.0 Å². The van der Waals surface area contributed by atoms with Crippen LogP contribution in [0.1, 0.15) is 18.4 Å². The summed E-state index contributed by atoms with van der Waals surface area (Å²) in [4.78, 5) is 4.57. The van der Waals surface area contributed by atoms with Crippen molar-refractivity contribution in [3.8, 4) is 17.0 Å². The van der Waals surface area contributed by atoms with Crippen molar-refractivity contribution in [1.29, 1.82) is 0 Å². The number of benzene rings is 1. The summed E-state index contributed by atoms with van der Waals surface area (Å²) in [5.74, 6) is 1.85. The molecule has 0 saturated heterocycles. The SMILES string of the molecule is CCOc1ccc(-c2nc(C)n(C)c2CN)cc1. The Kier molecular flexibility index (Phi) is 3.67. The fraction of sp³-hybridized carbons (Fsp3) is 0.357. The molecule has 2 rings (SSSR count). The second-order valence-corrected chi connectivity index (χ2v) is 4.17. The molecule has 2 aromatic rings. The van der Waals surface area contributed by atoms with Crippen LogP contribution in [0.15, 0.2) is 24.3 Å². The van der Waals surface area contributed by atoms with E-state index in [1.807, 2.05) is 49.7 Å². The van der Waals surface area contributed by atoms with Gasteiger partial charge in [0.1, 0.15) is 11.6 Å². The highest BCUT2D eigenvalue weighted by Gasteiger charge is 2.12. The molecule has 0 fully saturated rings. The first-order valence-corrected chi connectivity index (χ1v) is 6.12. The molecule has 0 amide bonds. The van der Waals surface area contributed by atoms with Gasteiger partial charge in [-0.3, -0.25) is 0 Å². The largest absolute Gasteiger partial charge is 0.494 e. The van der Waals surface area contributed by atoms with Crippen molar-refractivity contribution in [3.63, 3.8) is 0 Å². The van der Waals surface area contributed by atoms with Gasteiger partial charge in [-0.25, -0.2) is 4.98 Å². The van der Waals surface area contributed by atoms with E-state index >= 15 is 0 Å². The van der Waals surface area contributed by atoms with Gasteiger partial charge in [0.25, 0.3) is 0 Å². The van der Waals surface area contributed by atoms with Gasteiger partial charge in [0.2, 0.25) is 0 Å². The minimum Gasteiger partial charge on any atom is -0.494 e. The molecule has 1 aromatic heterocycles. The zero-order valence-corrected chi connectivity index (χ0v) is 11.1. The van der Waals surface area contributed by atoms with Crippen molar-refractivity contribution in [1.82, 2.24) is 9.55 Å². The number of nitrogens with two attached hydrogens (primary N) is 1. The van der Waals surface area contributed by atoms with E-state index in [0.29, 0.717) is 13.2 Å². The Morgan fingerprint density at radius 1 is 1.28 bits per heavy atom. The van der Waals surface area contributed by atoms with E-state index < -0.39 is 0 Å². The monoisotopic (exact) mass is 245 g/mol. The summed E-state index contributed by atoms with van der Waals surface area (Å²) in [5.41, 5.74) is 8.88. The molecule has 0 spiro atoms. The quantitative estimate of drug-likeness (QED) is 0.898. The molecule has 0 aliphatic carbocycles. The number of nitrogens with zero attached hydrogens (tertiary/aromatic N) is 2. The summed E-state index contributed by atoms with van der Waals surface area (Å²) in [6, 6.07) is 7.96. The third kappa shape index (κ3) is 2.24. The van der Waals surface area contributed by atoms with Crippen LogP contribution in [0.5, 0.6) is 5.75 Å². The lowest BCUT2D eigenvalue weighted by molar-refractivity contribution is 0.340. The predicted octanol–water partition coefficient (Wildman–Crippen LogP) is 2.25. The number of imidazole rings is 1. The van der Waals surface area contributed by atoms with Crippen LogP contribution in [-0.4, -0.2) is 16.2 Å². The highest BCUT2D eigenvalue weighted by molar-refractivity contribution is 5.63. The Morgan fingerprint density at radius 3 is 2.50 bits per heavy atom. The van der Waals surface area contributed by atoms with Gasteiger partial charge in [-0.15, -0.1) is 0 Å². The summed E-state index contributed by atoms with van der Waals surface area (Å²) in [5, 5.41) is 0. The molecule has 0 aliphatic rings. The summed E-state index contributed by atoms with van der Waals surface area (Å²) >= 11 is 0. The summed E-state index contributed by atoms with van der Waals surface area (Å²) < 4.78 is 7.47. The molecule has 0 radical (unpaired) electrons. The Labute approximate surface area is 107 Å². The van der Waals surface area contributed by atoms with Crippen LogP contribution in [0, 0.1) is 6.92 Å². The van der Waals surface area contributed by atoms with Crippen LogP contribution in [0.25, 0.3) is 11.3 Å². The fourth-order valence-corrected chi connectivity index (χ4v) is 2.00. The van der Waals surface area contributed by atoms with E-state index in [2.05, 4.69) is 4.98 Å². The second kappa shape index (κ2) is 5.23. The number of aryl methyl sites for hydroxylation is 1. The predicted molar refractivity (Wildman–Crippen MR) is 72.4 cm³/mol. The van der Waals surface area contributed by atoms with Crippen molar-refractivity contribution in [2.24, 2.45) is 12.8 Å². The number of rotatable bonds is 4. The topological polar surface area (TPSA) is 53.1 Å². The van der Waals surface area contributed by atoms with Gasteiger partial charge in [-0.05, 0) is 38.1 Å². The van der Waals surface area contributed by atoms with Crippen LogP contribution in [0.2, 0.25) is 0 Å². The standard InChI is InChI=1S/C14H19N3O/c1-4-18-12-7-5-11(6-8-12)14-13(9-15)17(3)10(2)16-14/h5-8H,4,9,15H2,1-3H3. The van der Waals surface area contributed by atoms with Crippen molar-refractivity contribution in [2.75, 3.05) is 6.61 Å². The first kappa shape index (κ1) is 12.6. The number of ether oxygens (including phenoxy) is 1. The second-order valence-electron chi connectivity index (χ2n) is 4.17. The van der Waals surface area contributed by atoms with E-state index in [-0.39, 0.29) is 0 Å². The molecule has 1 aromatic carbocycles. The molecule has 0 atom stereocenters. The van der Waals surface area contributed by atoms with E-state index in [9.17, 15) is 0 Å². The van der Waals surface area contributed by atoms with Crippen molar-refractivity contribution >= 4 is 0 Å². The van der Waals surface area contributed by atoms with Crippen LogP contribution in [-0.2, 0) is 13.6 Å². The zero-order chi connectivity index (χ0) is 13.1. The highest BCUT2D eigenvalue weighted by atomic mass is 16.5. The van der Waals surface area contributed by atoms with Crippen LogP contribution >= 0.6 is 0 Å². The average Bonchev–Trinajstić information content (AvgIpc) is 2.67. The Balaban J connectivity index is 2.39. The number of aromatic nitrogens is 2. The minimum atomic E-state index is 0.486. The first-order valence-electron chi connectivity index (χ1n) is 6.12. The van der Waals surface area contributed by atoms with Gasteiger partial charge in [-0.2, -0.15) is 0 Å². The maximum absolute atomic E-state index is 5.79. The Morgan fingerprint density at radius 2 is 1.94 bits per heavy atom. The third-order valence-corrected chi connectivity index (χ3v) is 3.07.